The number of benzene rings is 1. The molecule has 0 bridgehead atoms. The van der Waals surface area contributed by atoms with Crippen molar-refractivity contribution in [3.63, 3.8) is 0 Å². The predicted molar refractivity (Wildman–Crippen MR) is 123 cm³/mol. The molecular weight excluding hydrogens is 408 g/mol. The summed E-state index contributed by atoms with van der Waals surface area (Å²) in [6.07, 6.45) is 5.09. The van der Waals surface area contributed by atoms with E-state index in [1.165, 1.54) is 16.4 Å². The molecule has 8 heteroatoms. The number of aliphatic hydroxyl groups is 1. The molecule has 32 heavy (non-hydrogen) atoms. The van der Waals surface area contributed by atoms with E-state index in [0.29, 0.717) is 25.4 Å². The number of urea groups is 1. The molecular formula is C24H34N4O4. The molecule has 1 aromatic heterocycles. The minimum absolute atomic E-state index is 0.196. The van der Waals surface area contributed by atoms with E-state index in [2.05, 4.69) is 34.7 Å². The molecule has 0 spiro atoms. The fourth-order valence-electron chi connectivity index (χ4n) is 4.11. The van der Waals surface area contributed by atoms with Crippen LogP contribution in [0.5, 0.6) is 0 Å². The van der Waals surface area contributed by atoms with Gasteiger partial charge in [-0.3, -0.25) is 5.32 Å². The molecule has 1 aliphatic heterocycles. The number of likely N-dealkylation sites (tertiary alicyclic amines) is 1. The second-order valence-electron chi connectivity index (χ2n) is 8.30. The number of rotatable bonds is 9. The molecule has 1 aliphatic rings. The lowest BCUT2D eigenvalue weighted by Gasteiger charge is -2.32. The lowest BCUT2D eigenvalue weighted by Crippen LogP contribution is -2.42. The first kappa shape index (κ1) is 23.8. The first-order chi connectivity index (χ1) is 15.5. The average molecular weight is 443 g/mol. The molecule has 2 N–H and O–H groups in total. The number of aliphatic hydroxyl groups excluding tert-OH is 1. The van der Waals surface area contributed by atoms with Crippen molar-refractivity contribution in [2.75, 3.05) is 25.0 Å². The minimum Gasteiger partial charge on any atom is -0.462 e. The van der Waals surface area contributed by atoms with Crippen LogP contribution in [0.1, 0.15) is 55.5 Å². The number of carbonyl (C=O) groups excluding carboxylic acids is 2. The maximum absolute atomic E-state index is 13.0. The van der Waals surface area contributed by atoms with Crippen LogP contribution in [0.4, 0.5) is 10.6 Å². The molecule has 1 atom stereocenters. The van der Waals surface area contributed by atoms with Crippen molar-refractivity contribution in [1.29, 1.82) is 0 Å². The molecule has 0 aliphatic carbocycles. The quantitative estimate of drug-likeness (QED) is 0.577. The highest BCUT2D eigenvalue weighted by atomic mass is 16.5. The van der Waals surface area contributed by atoms with Gasteiger partial charge in [0.15, 0.2) is 0 Å². The Labute approximate surface area is 189 Å². The maximum atomic E-state index is 13.0. The zero-order chi connectivity index (χ0) is 22.9. The monoisotopic (exact) mass is 442 g/mol. The van der Waals surface area contributed by atoms with Gasteiger partial charge >= 0.3 is 12.0 Å². The normalized spacial score (nSPS) is 15.4. The number of aromatic nitrogens is 2. The van der Waals surface area contributed by atoms with E-state index in [9.17, 15) is 14.7 Å². The topological polar surface area (TPSA) is 96.7 Å². The second-order valence-corrected chi connectivity index (χ2v) is 8.30. The summed E-state index contributed by atoms with van der Waals surface area (Å²) in [6, 6.07) is 10.2. The first-order valence-corrected chi connectivity index (χ1v) is 11.5. The van der Waals surface area contributed by atoms with Crippen LogP contribution in [0.2, 0.25) is 0 Å². The van der Waals surface area contributed by atoms with Gasteiger partial charge in [-0.1, -0.05) is 43.7 Å². The van der Waals surface area contributed by atoms with Crippen LogP contribution >= 0.6 is 0 Å². The summed E-state index contributed by atoms with van der Waals surface area (Å²) in [5.41, 5.74) is 1.52. The van der Waals surface area contributed by atoms with Gasteiger partial charge < -0.3 is 14.7 Å². The number of anilines is 1. The number of ether oxygens (including phenoxy) is 1. The molecule has 1 fully saturated rings. The van der Waals surface area contributed by atoms with E-state index >= 15 is 0 Å². The van der Waals surface area contributed by atoms with E-state index in [0.717, 1.165) is 25.7 Å². The number of nitrogens with zero attached hydrogens (tertiary/aromatic N) is 3. The smallest absolute Gasteiger partial charge is 0.343 e. The Morgan fingerprint density at radius 1 is 1.22 bits per heavy atom. The summed E-state index contributed by atoms with van der Waals surface area (Å²) >= 11 is 0. The average Bonchev–Trinajstić information content (AvgIpc) is 3.17. The molecule has 174 valence electrons. The number of hydrogen-bond donors (Lipinski definition) is 2. The van der Waals surface area contributed by atoms with E-state index < -0.39 is 12.1 Å². The van der Waals surface area contributed by atoms with Crippen molar-refractivity contribution in [3.8, 4) is 0 Å². The van der Waals surface area contributed by atoms with Crippen molar-refractivity contribution in [2.45, 2.75) is 58.6 Å². The van der Waals surface area contributed by atoms with Gasteiger partial charge in [-0.2, -0.15) is 5.10 Å². The summed E-state index contributed by atoms with van der Waals surface area (Å²) in [5.74, 6) is 0.280. The standard InChI is InChI=1S/C24H34N4O4/c1-3-8-20(29)17-28-22(21(16-25-28)23(30)32-4-2)26-24(31)27-13-11-19(12-14-27)15-18-9-6-5-7-10-18/h5-7,9-10,16,19-20,29H,3-4,8,11-15,17H2,1-2H3,(H,26,31). The molecule has 0 radical (unpaired) electrons. The van der Waals surface area contributed by atoms with Crippen LogP contribution in [-0.4, -0.2) is 57.6 Å². The van der Waals surface area contributed by atoms with Gasteiger partial charge in [-0.15, -0.1) is 0 Å². The molecule has 2 aromatic rings. The zero-order valence-corrected chi connectivity index (χ0v) is 19.0. The van der Waals surface area contributed by atoms with Crippen LogP contribution in [0.25, 0.3) is 0 Å². The van der Waals surface area contributed by atoms with E-state index in [1.54, 1.807) is 11.8 Å². The minimum atomic E-state index is -0.612. The lowest BCUT2D eigenvalue weighted by atomic mass is 9.90. The molecule has 8 nitrogen and oxygen atoms in total. The highest BCUT2D eigenvalue weighted by Gasteiger charge is 2.27. The third kappa shape index (κ3) is 6.32. The van der Waals surface area contributed by atoms with Crippen LogP contribution in [0, 0.1) is 5.92 Å². The Kier molecular flexibility index (Phi) is 8.67. The molecule has 1 aromatic carbocycles. The van der Waals surface area contributed by atoms with Crippen molar-refractivity contribution >= 4 is 17.8 Å². The van der Waals surface area contributed by atoms with Gasteiger partial charge in [-0.05, 0) is 44.1 Å². The molecule has 0 saturated carbocycles. The second kappa shape index (κ2) is 11.7. The molecule has 3 rings (SSSR count). The summed E-state index contributed by atoms with van der Waals surface area (Å²) in [4.78, 5) is 27.1. The third-order valence-corrected chi connectivity index (χ3v) is 5.83. The van der Waals surface area contributed by atoms with Crippen molar-refractivity contribution in [2.24, 2.45) is 5.92 Å². The van der Waals surface area contributed by atoms with Crippen LogP contribution in [0.15, 0.2) is 36.5 Å². The Balaban J connectivity index is 1.64. The largest absolute Gasteiger partial charge is 0.462 e. The van der Waals surface area contributed by atoms with Gasteiger partial charge in [0.05, 0.1) is 25.5 Å². The SMILES string of the molecule is CCCC(O)Cn1ncc(C(=O)OCC)c1NC(=O)N1CCC(Cc2ccccc2)CC1. The number of carbonyl (C=O) groups is 2. The van der Waals surface area contributed by atoms with Gasteiger partial charge in [0, 0.05) is 13.1 Å². The molecule has 2 amide bonds. The number of piperidine rings is 1. The summed E-state index contributed by atoms with van der Waals surface area (Å²) in [5, 5.41) is 17.3. The van der Waals surface area contributed by atoms with Crippen molar-refractivity contribution in [1.82, 2.24) is 14.7 Å². The lowest BCUT2D eigenvalue weighted by molar-refractivity contribution is 0.0527. The fourth-order valence-corrected chi connectivity index (χ4v) is 4.11. The van der Waals surface area contributed by atoms with Crippen LogP contribution < -0.4 is 5.32 Å². The van der Waals surface area contributed by atoms with Gasteiger partial charge in [0.2, 0.25) is 0 Å². The summed E-state index contributed by atoms with van der Waals surface area (Å²) in [6.45, 7) is 5.45. The van der Waals surface area contributed by atoms with Gasteiger partial charge in [0.1, 0.15) is 11.4 Å². The van der Waals surface area contributed by atoms with Crippen molar-refractivity contribution < 1.29 is 19.4 Å². The predicted octanol–water partition coefficient (Wildman–Crippen LogP) is 3.71. The summed E-state index contributed by atoms with van der Waals surface area (Å²) < 4.78 is 6.59. The first-order valence-electron chi connectivity index (χ1n) is 11.5. The van der Waals surface area contributed by atoms with E-state index in [4.69, 9.17) is 4.74 Å². The van der Waals surface area contributed by atoms with Gasteiger partial charge in [-0.25, -0.2) is 14.3 Å². The van der Waals surface area contributed by atoms with E-state index in [1.807, 2.05) is 13.0 Å². The molecule has 2 heterocycles. The van der Waals surface area contributed by atoms with Gasteiger partial charge in [0.25, 0.3) is 0 Å². The number of esters is 1. The fraction of sp³-hybridized carbons (Fsp3) is 0.542. The number of amides is 2. The number of nitrogens with one attached hydrogen (secondary N) is 1. The maximum Gasteiger partial charge on any atom is 0.343 e. The number of hydrogen-bond acceptors (Lipinski definition) is 5. The Morgan fingerprint density at radius 3 is 2.59 bits per heavy atom. The van der Waals surface area contributed by atoms with Crippen LogP contribution in [-0.2, 0) is 17.7 Å². The van der Waals surface area contributed by atoms with Crippen molar-refractivity contribution in [3.05, 3.63) is 47.7 Å². The summed E-state index contributed by atoms with van der Waals surface area (Å²) in [7, 11) is 0. The Hall–Kier alpha value is -2.87. The zero-order valence-electron chi connectivity index (χ0n) is 19.0. The highest BCUT2D eigenvalue weighted by Crippen LogP contribution is 2.23. The molecule has 1 saturated heterocycles. The Bertz CT molecular complexity index is 875. The molecule has 1 unspecified atom stereocenters. The van der Waals surface area contributed by atoms with E-state index in [-0.39, 0.29) is 30.6 Å². The highest BCUT2D eigenvalue weighted by molar-refractivity contribution is 5.99. The third-order valence-electron chi connectivity index (χ3n) is 5.83. The van der Waals surface area contributed by atoms with Crippen LogP contribution in [0.3, 0.4) is 0 Å². The Morgan fingerprint density at radius 2 is 1.94 bits per heavy atom.